The molecule has 3 rings (SSSR count). The summed E-state index contributed by atoms with van der Waals surface area (Å²) < 4.78 is 0. The SMILES string of the molecule is Cc1cccc(NC(=S)N2CC3(C)CC2CC(C)(C)C3)c1C. The third kappa shape index (κ3) is 2.88. The van der Waals surface area contributed by atoms with Crippen LogP contribution in [0.25, 0.3) is 0 Å². The third-order valence-corrected chi connectivity index (χ3v) is 5.86. The van der Waals surface area contributed by atoms with Crippen LogP contribution in [0.2, 0.25) is 0 Å². The topological polar surface area (TPSA) is 15.3 Å². The molecular formula is C19H28N2S. The lowest BCUT2D eigenvalue weighted by Gasteiger charge is -2.39. The van der Waals surface area contributed by atoms with Crippen LogP contribution in [0.15, 0.2) is 18.2 Å². The minimum Gasteiger partial charge on any atom is -0.345 e. The summed E-state index contributed by atoms with van der Waals surface area (Å²) in [6.07, 6.45) is 3.83. The van der Waals surface area contributed by atoms with Crippen LogP contribution >= 0.6 is 12.2 Å². The zero-order chi connectivity index (χ0) is 16.1. The standard InChI is InChI=1S/C19H28N2S/c1-13-7-6-8-16(14(13)2)20-17(22)21-12-19(5)10-15(21)9-18(3,4)11-19/h6-8,15H,9-12H2,1-5H3,(H,20,22). The number of aryl methyl sites for hydroxylation is 1. The van der Waals surface area contributed by atoms with Gasteiger partial charge in [0.15, 0.2) is 5.11 Å². The Morgan fingerprint density at radius 2 is 1.95 bits per heavy atom. The van der Waals surface area contributed by atoms with Crippen LogP contribution in [0.5, 0.6) is 0 Å². The molecule has 0 spiro atoms. The molecule has 1 aliphatic heterocycles. The van der Waals surface area contributed by atoms with Crippen molar-refractivity contribution in [2.24, 2.45) is 10.8 Å². The van der Waals surface area contributed by atoms with E-state index in [2.05, 4.69) is 63.0 Å². The highest BCUT2D eigenvalue weighted by molar-refractivity contribution is 7.80. The lowest BCUT2D eigenvalue weighted by Crippen LogP contribution is -2.40. The summed E-state index contributed by atoms with van der Waals surface area (Å²) in [7, 11) is 0. The van der Waals surface area contributed by atoms with Crippen LogP contribution in [0.3, 0.4) is 0 Å². The molecule has 2 aliphatic rings. The van der Waals surface area contributed by atoms with Gasteiger partial charge < -0.3 is 10.2 Å². The highest BCUT2D eigenvalue weighted by Gasteiger charge is 2.50. The normalized spacial score (nSPS) is 29.5. The molecule has 2 atom stereocenters. The van der Waals surface area contributed by atoms with Gasteiger partial charge in [-0.3, -0.25) is 0 Å². The molecule has 1 N–H and O–H groups in total. The summed E-state index contributed by atoms with van der Waals surface area (Å²) in [5, 5.41) is 4.41. The van der Waals surface area contributed by atoms with Gasteiger partial charge in [0, 0.05) is 18.3 Å². The maximum Gasteiger partial charge on any atom is 0.173 e. The Labute approximate surface area is 140 Å². The molecule has 2 unspecified atom stereocenters. The van der Waals surface area contributed by atoms with Crippen LogP contribution in [-0.4, -0.2) is 22.6 Å². The minimum atomic E-state index is 0.416. The largest absolute Gasteiger partial charge is 0.345 e. The Morgan fingerprint density at radius 3 is 2.68 bits per heavy atom. The zero-order valence-electron chi connectivity index (χ0n) is 14.5. The van der Waals surface area contributed by atoms with Gasteiger partial charge >= 0.3 is 0 Å². The average molecular weight is 317 g/mol. The second-order valence-electron chi connectivity index (χ2n) is 8.52. The van der Waals surface area contributed by atoms with Crippen molar-refractivity contribution < 1.29 is 0 Å². The number of fused-ring (bicyclic) bond motifs is 2. The first-order chi connectivity index (χ1) is 10.2. The quantitative estimate of drug-likeness (QED) is 0.742. The predicted octanol–water partition coefficient (Wildman–Crippen LogP) is 4.90. The highest BCUT2D eigenvalue weighted by atomic mass is 32.1. The minimum absolute atomic E-state index is 0.416. The van der Waals surface area contributed by atoms with Crippen LogP contribution in [-0.2, 0) is 0 Å². The third-order valence-electron chi connectivity index (χ3n) is 5.52. The van der Waals surface area contributed by atoms with E-state index in [1.54, 1.807) is 0 Å². The van der Waals surface area contributed by atoms with Gasteiger partial charge in [-0.25, -0.2) is 0 Å². The fourth-order valence-corrected chi connectivity index (χ4v) is 5.09. The smallest absolute Gasteiger partial charge is 0.173 e. The van der Waals surface area contributed by atoms with E-state index in [9.17, 15) is 0 Å². The summed E-state index contributed by atoms with van der Waals surface area (Å²) in [5.41, 5.74) is 4.59. The maximum atomic E-state index is 5.76. The molecule has 3 heteroatoms. The fraction of sp³-hybridized carbons (Fsp3) is 0.632. The average Bonchev–Trinajstić information content (AvgIpc) is 2.64. The van der Waals surface area contributed by atoms with Crippen molar-refractivity contribution in [3.05, 3.63) is 29.3 Å². The van der Waals surface area contributed by atoms with Gasteiger partial charge in [0.05, 0.1) is 0 Å². The summed E-state index contributed by atoms with van der Waals surface area (Å²) in [6, 6.07) is 6.97. The number of likely N-dealkylation sites (tertiary alicyclic amines) is 1. The van der Waals surface area contributed by atoms with E-state index in [0.717, 1.165) is 17.3 Å². The molecule has 1 aromatic rings. The highest BCUT2D eigenvalue weighted by Crippen LogP contribution is 2.52. The van der Waals surface area contributed by atoms with Crippen molar-refractivity contribution in [1.82, 2.24) is 4.90 Å². The number of anilines is 1. The van der Waals surface area contributed by atoms with E-state index in [0.29, 0.717) is 16.9 Å². The van der Waals surface area contributed by atoms with Gasteiger partial charge in [0.25, 0.3) is 0 Å². The molecule has 2 bridgehead atoms. The van der Waals surface area contributed by atoms with Gasteiger partial charge in [-0.05, 0) is 73.4 Å². The van der Waals surface area contributed by atoms with Crippen molar-refractivity contribution in [1.29, 1.82) is 0 Å². The number of benzene rings is 1. The Balaban J connectivity index is 1.78. The van der Waals surface area contributed by atoms with Crippen LogP contribution < -0.4 is 5.32 Å². The van der Waals surface area contributed by atoms with Crippen molar-refractivity contribution in [2.75, 3.05) is 11.9 Å². The molecule has 1 saturated carbocycles. The number of nitrogens with zero attached hydrogens (tertiary/aromatic N) is 1. The first-order valence-corrected chi connectivity index (χ1v) is 8.74. The summed E-state index contributed by atoms with van der Waals surface area (Å²) in [4.78, 5) is 2.45. The Hall–Kier alpha value is -1.09. The molecule has 2 nitrogen and oxygen atoms in total. The van der Waals surface area contributed by atoms with Gasteiger partial charge in [-0.15, -0.1) is 0 Å². The number of hydrogen-bond acceptors (Lipinski definition) is 1. The van der Waals surface area contributed by atoms with Crippen LogP contribution in [0.1, 0.15) is 51.2 Å². The second-order valence-corrected chi connectivity index (χ2v) is 8.91. The van der Waals surface area contributed by atoms with Crippen LogP contribution in [0, 0.1) is 24.7 Å². The zero-order valence-corrected chi connectivity index (χ0v) is 15.3. The van der Waals surface area contributed by atoms with Gasteiger partial charge in [0.1, 0.15) is 0 Å². The second kappa shape index (κ2) is 5.23. The Kier molecular flexibility index (Phi) is 3.75. The maximum absolute atomic E-state index is 5.76. The molecule has 1 heterocycles. The van der Waals surface area contributed by atoms with E-state index in [1.807, 2.05) is 0 Å². The van der Waals surface area contributed by atoms with E-state index in [4.69, 9.17) is 12.2 Å². The Morgan fingerprint density at radius 1 is 1.23 bits per heavy atom. The number of nitrogens with one attached hydrogen (secondary N) is 1. The lowest BCUT2D eigenvalue weighted by molar-refractivity contribution is 0.132. The van der Waals surface area contributed by atoms with Gasteiger partial charge in [0.2, 0.25) is 0 Å². The van der Waals surface area contributed by atoms with E-state index in [1.165, 1.54) is 30.4 Å². The first kappa shape index (κ1) is 15.8. The van der Waals surface area contributed by atoms with E-state index >= 15 is 0 Å². The molecular weight excluding hydrogens is 288 g/mol. The molecule has 0 amide bonds. The summed E-state index contributed by atoms with van der Waals surface area (Å²) in [6.45, 7) is 12.6. The van der Waals surface area contributed by atoms with Crippen LogP contribution in [0.4, 0.5) is 5.69 Å². The molecule has 120 valence electrons. The molecule has 1 aliphatic carbocycles. The molecule has 0 radical (unpaired) electrons. The first-order valence-electron chi connectivity index (χ1n) is 8.33. The van der Waals surface area contributed by atoms with Crippen molar-refractivity contribution in [3.8, 4) is 0 Å². The van der Waals surface area contributed by atoms with Crippen molar-refractivity contribution >= 4 is 23.0 Å². The Bertz CT molecular complexity index is 607. The van der Waals surface area contributed by atoms with Gasteiger partial charge in [-0.1, -0.05) is 32.9 Å². The summed E-state index contributed by atoms with van der Waals surface area (Å²) >= 11 is 5.76. The molecule has 22 heavy (non-hydrogen) atoms. The predicted molar refractivity (Wildman–Crippen MR) is 98.4 cm³/mol. The number of rotatable bonds is 1. The van der Waals surface area contributed by atoms with E-state index in [-0.39, 0.29) is 0 Å². The fourth-order valence-electron chi connectivity index (χ4n) is 4.77. The van der Waals surface area contributed by atoms with E-state index < -0.39 is 0 Å². The molecule has 1 saturated heterocycles. The van der Waals surface area contributed by atoms with Crippen molar-refractivity contribution in [3.63, 3.8) is 0 Å². The molecule has 0 aromatic heterocycles. The summed E-state index contributed by atoms with van der Waals surface area (Å²) in [5.74, 6) is 0. The molecule has 2 fully saturated rings. The molecule has 1 aromatic carbocycles. The number of hydrogen-bond donors (Lipinski definition) is 1. The van der Waals surface area contributed by atoms with Gasteiger partial charge in [-0.2, -0.15) is 0 Å². The number of thiocarbonyl (C=S) groups is 1. The lowest BCUT2D eigenvalue weighted by atomic mass is 9.65. The van der Waals surface area contributed by atoms with Crippen molar-refractivity contribution in [2.45, 2.75) is 59.9 Å². The monoisotopic (exact) mass is 316 g/mol.